The maximum absolute atomic E-state index is 11.5. The zero-order chi connectivity index (χ0) is 18.8. The average molecular weight is 365 g/mol. The van der Waals surface area contributed by atoms with Crippen LogP contribution in [0.25, 0.3) is 0 Å². The van der Waals surface area contributed by atoms with E-state index in [1.807, 2.05) is 0 Å². The van der Waals surface area contributed by atoms with E-state index < -0.39 is 25.6 Å². The number of anilines is 3. The Kier molecular flexibility index (Phi) is 5.04. The van der Waals surface area contributed by atoms with Crippen LogP contribution in [0.5, 0.6) is 0 Å². The molecule has 0 aliphatic heterocycles. The lowest BCUT2D eigenvalue weighted by Crippen LogP contribution is -2.07. The van der Waals surface area contributed by atoms with Gasteiger partial charge in [-0.3, -0.25) is 19.5 Å². The molecule has 25 heavy (non-hydrogen) atoms. The van der Waals surface area contributed by atoms with Gasteiger partial charge in [-0.05, 0) is 36.8 Å². The molecule has 0 unspecified atom stereocenters. The first-order valence-electron chi connectivity index (χ1n) is 6.99. The minimum absolute atomic E-state index is 0.0141. The predicted molar refractivity (Wildman–Crippen MR) is 91.7 cm³/mol. The fourth-order valence-electron chi connectivity index (χ4n) is 2.17. The normalized spacial score (nSPS) is 11.0. The summed E-state index contributed by atoms with van der Waals surface area (Å²) in [6.07, 6.45) is 0. The Morgan fingerprint density at radius 1 is 1.16 bits per heavy atom. The van der Waals surface area contributed by atoms with Gasteiger partial charge in [0.05, 0.1) is 10.6 Å². The maximum atomic E-state index is 11.5. The minimum Gasteiger partial charge on any atom is -0.354 e. The van der Waals surface area contributed by atoms with Gasteiger partial charge >= 0.3 is 0 Å². The van der Waals surface area contributed by atoms with Gasteiger partial charge in [0, 0.05) is 30.4 Å². The number of carbonyl (C=O) groups excluding carboxylic acids is 1. The average Bonchev–Trinajstić information content (AvgIpc) is 2.48. The number of nitro groups is 1. The zero-order valence-corrected chi connectivity index (χ0v) is 14.1. The smallest absolute Gasteiger partial charge is 0.296 e. The monoisotopic (exact) mass is 365 g/mol. The van der Waals surface area contributed by atoms with Crippen molar-refractivity contribution in [1.29, 1.82) is 0 Å². The van der Waals surface area contributed by atoms with Gasteiger partial charge < -0.3 is 10.6 Å². The van der Waals surface area contributed by atoms with Gasteiger partial charge in [0.1, 0.15) is 4.90 Å². The fraction of sp³-hybridized carbons (Fsp3) is 0.133. The summed E-state index contributed by atoms with van der Waals surface area (Å²) in [5.74, 6) is -0.229. The second kappa shape index (κ2) is 6.87. The largest absolute Gasteiger partial charge is 0.354 e. The Balaban J connectivity index is 2.42. The molecular weight excluding hydrogens is 350 g/mol. The Morgan fingerprint density at radius 2 is 1.80 bits per heavy atom. The molecule has 0 aromatic heterocycles. The highest BCUT2D eigenvalue weighted by atomic mass is 32.2. The van der Waals surface area contributed by atoms with Gasteiger partial charge in [-0.25, -0.2) is 0 Å². The van der Waals surface area contributed by atoms with Crippen LogP contribution in [-0.2, 0) is 14.9 Å². The van der Waals surface area contributed by atoms with E-state index in [0.717, 1.165) is 17.7 Å². The van der Waals surface area contributed by atoms with Crippen LogP contribution in [0.4, 0.5) is 22.7 Å². The Hall–Kier alpha value is -2.98. The molecule has 2 rings (SSSR count). The Morgan fingerprint density at radius 3 is 2.32 bits per heavy atom. The molecule has 0 bridgehead atoms. The Labute approximate surface area is 143 Å². The van der Waals surface area contributed by atoms with Gasteiger partial charge in [-0.2, -0.15) is 8.42 Å². The summed E-state index contributed by atoms with van der Waals surface area (Å²) in [6, 6.07) is 7.95. The Bertz CT molecular complexity index is 956. The lowest BCUT2D eigenvalue weighted by Gasteiger charge is -2.13. The van der Waals surface area contributed by atoms with E-state index in [1.165, 1.54) is 13.0 Å². The van der Waals surface area contributed by atoms with Gasteiger partial charge in [-0.1, -0.05) is 0 Å². The summed E-state index contributed by atoms with van der Waals surface area (Å²) >= 11 is 0. The van der Waals surface area contributed by atoms with Crippen LogP contribution in [0, 0.1) is 17.0 Å². The molecule has 0 atom stereocenters. The number of nitrogens with one attached hydrogen (secondary N) is 2. The van der Waals surface area contributed by atoms with Crippen LogP contribution in [-0.4, -0.2) is 23.8 Å². The first-order chi connectivity index (χ1) is 11.6. The fourth-order valence-corrected chi connectivity index (χ4v) is 2.83. The van der Waals surface area contributed by atoms with E-state index in [9.17, 15) is 27.9 Å². The van der Waals surface area contributed by atoms with E-state index in [-0.39, 0.29) is 11.6 Å². The summed E-state index contributed by atoms with van der Waals surface area (Å²) in [6.45, 7) is 3.12. The van der Waals surface area contributed by atoms with Crippen LogP contribution in [0.2, 0.25) is 0 Å². The number of rotatable bonds is 5. The molecule has 0 spiro atoms. The minimum atomic E-state index is -4.67. The molecule has 132 valence electrons. The van der Waals surface area contributed by atoms with Gasteiger partial charge in [0.25, 0.3) is 15.8 Å². The SMILES string of the molecule is CC(=O)Nc1ccc(Nc2ccc([N+](=O)[O-])cc2S(=O)(=O)O)cc1C. The predicted octanol–water partition coefficient (Wildman–Crippen LogP) is 2.85. The molecule has 1 amide bonds. The number of carbonyl (C=O) groups is 1. The number of amides is 1. The molecule has 10 heteroatoms. The number of aryl methyl sites for hydroxylation is 1. The van der Waals surface area contributed by atoms with Crippen molar-refractivity contribution in [3.8, 4) is 0 Å². The number of hydrogen-bond donors (Lipinski definition) is 3. The lowest BCUT2D eigenvalue weighted by atomic mass is 10.1. The highest BCUT2D eigenvalue weighted by Gasteiger charge is 2.20. The molecular formula is C15H15N3O6S. The van der Waals surface area contributed by atoms with E-state index in [1.54, 1.807) is 25.1 Å². The number of non-ortho nitro benzene ring substituents is 1. The molecule has 0 fully saturated rings. The van der Waals surface area contributed by atoms with Crippen LogP contribution < -0.4 is 10.6 Å². The molecule has 0 heterocycles. The third-order valence-electron chi connectivity index (χ3n) is 3.27. The first-order valence-corrected chi connectivity index (χ1v) is 8.43. The second-order valence-electron chi connectivity index (χ2n) is 5.25. The molecule has 2 aromatic rings. The first kappa shape index (κ1) is 18.4. The van der Waals surface area contributed by atoms with Crippen molar-refractivity contribution < 1.29 is 22.7 Å². The van der Waals surface area contributed by atoms with Crippen molar-refractivity contribution in [2.75, 3.05) is 10.6 Å². The molecule has 9 nitrogen and oxygen atoms in total. The van der Waals surface area contributed by atoms with Crippen LogP contribution >= 0.6 is 0 Å². The van der Waals surface area contributed by atoms with Crippen molar-refractivity contribution >= 4 is 38.8 Å². The van der Waals surface area contributed by atoms with Crippen molar-refractivity contribution in [2.24, 2.45) is 0 Å². The molecule has 3 N–H and O–H groups in total. The highest BCUT2D eigenvalue weighted by Crippen LogP contribution is 2.30. The van der Waals surface area contributed by atoms with Crippen molar-refractivity contribution in [3.05, 3.63) is 52.1 Å². The molecule has 0 aliphatic carbocycles. The molecule has 0 aliphatic rings. The number of hydrogen-bond acceptors (Lipinski definition) is 6. The van der Waals surface area contributed by atoms with Crippen molar-refractivity contribution in [2.45, 2.75) is 18.7 Å². The summed E-state index contributed by atoms with van der Waals surface area (Å²) < 4.78 is 32.3. The van der Waals surface area contributed by atoms with Crippen LogP contribution in [0.3, 0.4) is 0 Å². The van der Waals surface area contributed by atoms with E-state index in [4.69, 9.17) is 0 Å². The standard InChI is InChI=1S/C15H15N3O6S/c1-9-7-11(3-5-13(9)16-10(2)19)17-14-6-4-12(18(20)21)8-15(14)25(22,23)24/h3-8,17H,1-2H3,(H,16,19)(H,22,23,24). The van der Waals surface area contributed by atoms with Crippen molar-refractivity contribution in [3.63, 3.8) is 0 Å². The molecule has 2 aromatic carbocycles. The topological polar surface area (TPSA) is 139 Å². The quantitative estimate of drug-likeness (QED) is 0.420. The van der Waals surface area contributed by atoms with Crippen LogP contribution in [0.1, 0.15) is 12.5 Å². The number of benzene rings is 2. The summed E-state index contributed by atoms with van der Waals surface area (Å²) in [4.78, 5) is 20.5. The summed E-state index contributed by atoms with van der Waals surface area (Å²) in [5.41, 5.74) is 1.31. The van der Waals surface area contributed by atoms with Gasteiger partial charge in [0.15, 0.2) is 0 Å². The molecule has 0 saturated heterocycles. The maximum Gasteiger partial charge on any atom is 0.296 e. The van der Waals surface area contributed by atoms with E-state index in [0.29, 0.717) is 11.4 Å². The van der Waals surface area contributed by atoms with E-state index >= 15 is 0 Å². The third kappa shape index (κ3) is 4.52. The van der Waals surface area contributed by atoms with Gasteiger partial charge in [0.2, 0.25) is 5.91 Å². The summed E-state index contributed by atoms with van der Waals surface area (Å²) in [5, 5.41) is 16.2. The number of nitrogens with zero attached hydrogens (tertiary/aromatic N) is 1. The molecule has 0 saturated carbocycles. The summed E-state index contributed by atoms with van der Waals surface area (Å²) in [7, 11) is -4.67. The highest BCUT2D eigenvalue weighted by molar-refractivity contribution is 7.86. The number of nitro benzene ring substituents is 1. The third-order valence-corrected chi connectivity index (χ3v) is 4.16. The van der Waals surface area contributed by atoms with Crippen molar-refractivity contribution in [1.82, 2.24) is 0 Å². The van der Waals surface area contributed by atoms with Gasteiger partial charge in [-0.15, -0.1) is 0 Å². The van der Waals surface area contributed by atoms with Crippen LogP contribution in [0.15, 0.2) is 41.3 Å². The van der Waals surface area contributed by atoms with E-state index in [2.05, 4.69) is 10.6 Å². The lowest BCUT2D eigenvalue weighted by molar-refractivity contribution is -0.385. The second-order valence-corrected chi connectivity index (χ2v) is 6.64. The molecule has 0 radical (unpaired) electrons. The zero-order valence-electron chi connectivity index (χ0n) is 13.3.